The van der Waals surface area contributed by atoms with Crippen molar-refractivity contribution in [1.29, 1.82) is 0 Å². The SMILES string of the molecule is CCCCC1(CCCC)c2ccccc2-c2ccc(/C=C/c3ccc(N(c4ccc5c(c4)C(CCCC)(CCCC)c4ccccc4-5)c4ccc5c(c4)C(CCCC)(CCCC)c4ccccc4-5)cc3)cc21. The highest BCUT2D eigenvalue weighted by Gasteiger charge is 2.45. The van der Waals surface area contributed by atoms with Gasteiger partial charge >= 0.3 is 0 Å². The highest BCUT2D eigenvalue weighted by Crippen LogP contribution is 2.58. The van der Waals surface area contributed by atoms with E-state index >= 15 is 0 Å². The first-order chi connectivity index (χ1) is 35.4. The van der Waals surface area contributed by atoms with Gasteiger partial charge < -0.3 is 4.90 Å². The van der Waals surface area contributed by atoms with Gasteiger partial charge in [-0.1, -0.05) is 246 Å². The first kappa shape index (κ1) is 49.6. The molecule has 0 aromatic heterocycles. The quantitative estimate of drug-likeness (QED) is 0.0578. The Labute approximate surface area is 434 Å². The van der Waals surface area contributed by atoms with Crippen LogP contribution in [-0.2, 0) is 16.2 Å². The fourth-order valence-electron chi connectivity index (χ4n) is 14.0. The zero-order valence-electron chi connectivity index (χ0n) is 44.8. The minimum absolute atomic E-state index is 0.00925. The molecule has 0 fully saturated rings. The van der Waals surface area contributed by atoms with Gasteiger partial charge in [-0.05, 0) is 153 Å². The molecule has 0 heterocycles. The van der Waals surface area contributed by atoms with Gasteiger partial charge in [-0.2, -0.15) is 0 Å². The lowest BCUT2D eigenvalue weighted by Gasteiger charge is -2.35. The normalized spacial score (nSPS) is 15.0. The van der Waals surface area contributed by atoms with Crippen molar-refractivity contribution < 1.29 is 0 Å². The number of fused-ring (bicyclic) bond motifs is 9. The summed E-state index contributed by atoms with van der Waals surface area (Å²) in [6.45, 7) is 14.1. The molecule has 0 bridgehead atoms. The van der Waals surface area contributed by atoms with E-state index in [1.807, 2.05) is 0 Å². The average Bonchev–Trinajstić information content (AvgIpc) is 3.98. The van der Waals surface area contributed by atoms with Crippen LogP contribution in [0.15, 0.2) is 152 Å². The third-order valence-electron chi connectivity index (χ3n) is 17.7. The second-order valence-electron chi connectivity index (χ2n) is 22.0. The zero-order chi connectivity index (χ0) is 49.7. The summed E-state index contributed by atoms with van der Waals surface area (Å²) < 4.78 is 0. The first-order valence-corrected chi connectivity index (χ1v) is 28.7. The van der Waals surface area contributed by atoms with Crippen molar-refractivity contribution in [1.82, 2.24) is 0 Å². The highest BCUT2D eigenvalue weighted by atomic mass is 15.1. The van der Waals surface area contributed by atoms with Gasteiger partial charge in [-0.15, -0.1) is 0 Å². The Morgan fingerprint density at radius 1 is 0.292 bits per heavy atom. The topological polar surface area (TPSA) is 3.24 Å². The van der Waals surface area contributed by atoms with E-state index in [0.717, 1.165) is 0 Å². The Morgan fingerprint density at radius 3 is 0.958 bits per heavy atom. The summed E-state index contributed by atoms with van der Waals surface area (Å²) >= 11 is 0. The highest BCUT2D eigenvalue weighted by molar-refractivity contribution is 5.89. The van der Waals surface area contributed by atoms with Crippen LogP contribution in [0, 0.1) is 0 Å². The van der Waals surface area contributed by atoms with Gasteiger partial charge in [0.15, 0.2) is 0 Å². The molecule has 0 saturated heterocycles. The Balaban J connectivity index is 1.08. The Morgan fingerprint density at radius 2 is 0.583 bits per heavy atom. The lowest BCUT2D eigenvalue weighted by molar-refractivity contribution is 0.414. The molecule has 7 aromatic rings. The Bertz CT molecular complexity index is 2870. The fourth-order valence-corrected chi connectivity index (χ4v) is 14.0. The van der Waals surface area contributed by atoms with Gasteiger partial charge in [0.1, 0.15) is 0 Å². The van der Waals surface area contributed by atoms with E-state index in [0.29, 0.717) is 0 Å². The lowest BCUT2D eigenvalue weighted by Crippen LogP contribution is -2.26. The van der Waals surface area contributed by atoms with E-state index in [1.54, 1.807) is 5.56 Å². The minimum Gasteiger partial charge on any atom is -0.310 e. The van der Waals surface area contributed by atoms with E-state index in [1.165, 1.54) is 205 Å². The number of rotatable bonds is 23. The lowest BCUT2D eigenvalue weighted by atomic mass is 9.70. The molecule has 370 valence electrons. The number of anilines is 3. The number of unbranched alkanes of at least 4 members (excludes halogenated alkanes) is 6. The van der Waals surface area contributed by atoms with Crippen LogP contribution < -0.4 is 4.90 Å². The van der Waals surface area contributed by atoms with Crippen LogP contribution in [0.4, 0.5) is 17.1 Å². The van der Waals surface area contributed by atoms with E-state index in [4.69, 9.17) is 0 Å². The molecule has 0 radical (unpaired) electrons. The molecule has 72 heavy (non-hydrogen) atoms. The summed E-state index contributed by atoms with van der Waals surface area (Å²) in [6, 6.07) is 59.8. The van der Waals surface area contributed by atoms with E-state index in [2.05, 4.69) is 210 Å². The van der Waals surface area contributed by atoms with Crippen molar-refractivity contribution in [2.24, 2.45) is 0 Å². The smallest absolute Gasteiger partial charge is 0.0465 e. The van der Waals surface area contributed by atoms with E-state index in [9.17, 15) is 0 Å². The van der Waals surface area contributed by atoms with Crippen LogP contribution in [0.1, 0.15) is 202 Å². The maximum atomic E-state index is 2.62. The Kier molecular flexibility index (Phi) is 14.9. The molecule has 3 aliphatic carbocycles. The van der Waals surface area contributed by atoms with Crippen molar-refractivity contribution in [2.75, 3.05) is 4.90 Å². The van der Waals surface area contributed by atoms with E-state index < -0.39 is 0 Å². The van der Waals surface area contributed by atoms with Crippen LogP contribution in [0.3, 0.4) is 0 Å². The summed E-state index contributed by atoms with van der Waals surface area (Å²) in [5.41, 5.74) is 24.1. The third-order valence-corrected chi connectivity index (χ3v) is 17.7. The number of nitrogens with zero attached hydrogens (tertiary/aromatic N) is 1. The van der Waals surface area contributed by atoms with Crippen molar-refractivity contribution in [3.05, 3.63) is 196 Å². The number of benzene rings is 7. The molecule has 0 aliphatic heterocycles. The monoisotopic (exact) mass is 948 g/mol. The van der Waals surface area contributed by atoms with Crippen molar-refractivity contribution in [2.45, 2.75) is 173 Å². The van der Waals surface area contributed by atoms with Crippen LogP contribution in [0.25, 0.3) is 45.5 Å². The Hall–Kier alpha value is -5.92. The van der Waals surface area contributed by atoms with Gasteiger partial charge in [-0.25, -0.2) is 0 Å². The molecular weight excluding hydrogens is 867 g/mol. The number of hydrogen-bond acceptors (Lipinski definition) is 1. The van der Waals surface area contributed by atoms with Gasteiger partial charge in [0.25, 0.3) is 0 Å². The molecule has 0 saturated carbocycles. The molecule has 0 unspecified atom stereocenters. The van der Waals surface area contributed by atoms with Crippen molar-refractivity contribution >= 4 is 29.2 Å². The van der Waals surface area contributed by atoms with E-state index in [-0.39, 0.29) is 16.2 Å². The molecule has 7 aromatic carbocycles. The second kappa shape index (κ2) is 21.7. The summed E-state index contributed by atoms with van der Waals surface area (Å²) in [5.74, 6) is 0. The molecule has 1 heteroatoms. The van der Waals surface area contributed by atoms with Crippen LogP contribution in [-0.4, -0.2) is 0 Å². The predicted octanol–water partition coefficient (Wildman–Crippen LogP) is 21.3. The van der Waals surface area contributed by atoms with Crippen LogP contribution >= 0.6 is 0 Å². The molecule has 1 nitrogen and oxygen atoms in total. The van der Waals surface area contributed by atoms with Gasteiger partial charge in [-0.3, -0.25) is 0 Å². The summed E-state index contributed by atoms with van der Waals surface area (Å²) in [4.78, 5) is 2.60. The predicted molar refractivity (Wildman–Crippen MR) is 312 cm³/mol. The fraction of sp³-hybridized carbons (Fsp3) is 0.380. The van der Waals surface area contributed by atoms with Crippen molar-refractivity contribution in [3.63, 3.8) is 0 Å². The van der Waals surface area contributed by atoms with Gasteiger partial charge in [0.2, 0.25) is 0 Å². The zero-order valence-corrected chi connectivity index (χ0v) is 44.8. The van der Waals surface area contributed by atoms with Gasteiger partial charge in [0, 0.05) is 33.3 Å². The largest absolute Gasteiger partial charge is 0.310 e. The number of hydrogen-bond donors (Lipinski definition) is 0. The molecule has 0 atom stereocenters. The molecule has 0 N–H and O–H groups in total. The van der Waals surface area contributed by atoms with Crippen LogP contribution in [0.2, 0.25) is 0 Å². The standard InChI is InChI=1S/C71H81N/c1-7-13-43-69(44-14-8-2)63-28-22-19-25-57(63)60-40-35-53(49-66(60)69)32-31-52-33-36-54(37-34-52)72(55-38-41-61-58-26-20-23-29-64(58)70(45-15-9-3,46-16-10-4)67(61)50-55)56-39-42-62-59-27-21-24-30-65(59)71(47-17-11-5,48-18-12-6)68(62)51-56/h19-42,49-51H,7-18,43-48H2,1-6H3/b32-31+. The summed E-state index contributed by atoms with van der Waals surface area (Å²) in [5, 5.41) is 0. The van der Waals surface area contributed by atoms with Crippen molar-refractivity contribution in [3.8, 4) is 33.4 Å². The maximum Gasteiger partial charge on any atom is 0.0465 e. The van der Waals surface area contributed by atoms with Crippen LogP contribution in [0.5, 0.6) is 0 Å². The molecule has 0 spiro atoms. The van der Waals surface area contributed by atoms with Gasteiger partial charge in [0.05, 0.1) is 0 Å². The molecule has 3 aliphatic rings. The molecule has 0 amide bonds. The second-order valence-corrected chi connectivity index (χ2v) is 22.0. The third kappa shape index (κ3) is 8.71. The molecular formula is C71H81N. The minimum atomic E-state index is 0.00925. The molecule has 10 rings (SSSR count). The summed E-state index contributed by atoms with van der Waals surface area (Å²) in [7, 11) is 0. The maximum absolute atomic E-state index is 2.62. The average molecular weight is 948 g/mol. The summed E-state index contributed by atoms with van der Waals surface area (Å²) in [6.07, 6.45) is 26.5. The first-order valence-electron chi connectivity index (χ1n) is 28.7.